The van der Waals surface area contributed by atoms with Crippen LogP contribution in [-0.4, -0.2) is 29.6 Å². The summed E-state index contributed by atoms with van der Waals surface area (Å²) < 4.78 is 12.2. The van der Waals surface area contributed by atoms with E-state index < -0.39 is 5.92 Å². The van der Waals surface area contributed by atoms with Crippen LogP contribution >= 0.6 is 11.6 Å². The third-order valence-corrected chi connectivity index (χ3v) is 10.4. The molecule has 6 heteroatoms. The van der Waals surface area contributed by atoms with Crippen molar-refractivity contribution in [2.45, 2.75) is 118 Å². The van der Waals surface area contributed by atoms with Crippen LogP contribution in [-0.2, 0) is 16.2 Å². The third kappa shape index (κ3) is 6.22. The van der Waals surface area contributed by atoms with Gasteiger partial charge in [-0.2, -0.15) is 0 Å². The quantitative estimate of drug-likeness (QED) is 0.318. The van der Waals surface area contributed by atoms with Crippen molar-refractivity contribution >= 4 is 23.2 Å². The van der Waals surface area contributed by atoms with Crippen LogP contribution in [0, 0.1) is 24.7 Å². The van der Waals surface area contributed by atoms with Crippen LogP contribution in [0.5, 0.6) is 11.5 Å². The fourth-order valence-electron chi connectivity index (χ4n) is 8.46. The first-order chi connectivity index (χ1) is 21.3. The molecular weight excluding hydrogens is 582 g/mol. The van der Waals surface area contributed by atoms with Crippen LogP contribution in [0.15, 0.2) is 52.9 Å². The second-order valence-corrected chi connectivity index (χ2v) is 15.9. The number of carbonyl (C=O) groups is 2. The van der Waals surface area contributed by atoms with Crippen LogP contribution in [0.1, 0.15) is 114 Å². The zero-order chi connectivity index (χ0) is 32.3. The van der Waals surface area contributed by atoms with Crippen molar-refractivity contribution < 1.29 is 19.1 Å². The van der Waals surface area contributed by atoms with Gasteiger partial charge in [0.1, 0.15) is 6.61 Å². The summed E-state index contributed by atoms with van der Waals surface area (Å²) >= 11 is 7.01. The Labute approximate surface area is 274 Å². The lowest BCUT2D eigenvalue weighted by Crippen LogP contribution is -2.48. The van der Waals surface area contributed by atoms with Gasteiger partial charge in [-0.25, -0.2) is 0 Å². The van der Waals surface area contributed by atoms with E-state index in [9.17, 15) is 9.59 Å². The zero-order valence-corrected chi connectivity index (χ0v) is 28.8. The number of methoxy groups -OCH3 is 1. The number of halogens is 1. The third-order valence-electron chi connectivity index (χ3n) is 10.1. The highest BCUT2D eigenvalue weighted by Gasteiger charge is 2.50. The maximum absolute atomic E-state index is 14.3. The molecule has 4 aliphatic rings. The summed E-state index contributed by atoms with van der Waals surface area (Å²) in [5, 5.41) is 0.417. The van der Waals surface area contributed by atoms with E-state index >= 15 is 0 Å². The highest BCUT2D eigenvalue weighted by Crippen LogP contribution is 2.56. The molecular formula is C39H48ClNO4. The number of rotatable bonds is 6. The Morgan fingerprint density at radius 3 is 1.89 bits per heavy atom. The number of hydrogen-bond donors (Lipinski definition) is 0. The number of ketones is 2. The second kappa shape index (κ2) is 12.0. The van der Waals surface area contributed by atoms with Gasteiger partial charge in [-0.05, 0) is 73.6 Å². The number of allylic oxidation sites excluding steroid dienone is 4. The molecule has 0 aromatic heterocycles. The lowest BCUT2D eigenvalue weighted by Gasteiger charge is -2.52. The van der Waals surface area contributed by atoms with Gasteiger partial charge in [-0.3, -0.25) is 9.59 Å². The van der Waals surface area contributed by atoms with Gasteiger partial charge in [0.05, 0.1) is 12.1 Å². The van der Waals surface area contributed by atoms with E-state index in [0.717, 1.165) is 59.4 Å². The maximum Gasteiger partial charge on any atom is 0.180 e. The molecule has 0 amide bonds. The summed E-state index contributed by atoms with van der Waals surface area (Å²) in [7, 11) is 1.61. The molecule has 1 heterocycles. The topological polar surface area (TPSA) is 55.8 Å². The summed E-state index contributed by atoms with van der Waals surface area (Å²) in [5.41, 5.74) is 7.75. The Morgan fingerprint density at radius 2 is 1.36 bits per heavy atom. The van der Waals surface area contributed by atoms with Gasteiger partial charge in [0.2, 0.25) is 0 Å². The molecule has 1 fully saturated rings. The Kier molecular flexibility index (Phi) is 8.48. The van der Waals surface area contributed by atoms with Gasteiger partial charge in [0.15, 0.2) is 23.1 Å². The molecule has 240 valence electrons. The fraction of sp³-hybridized carbons (Fsp3) is 0.538. The van der Waals surface area contributed by atoms with Crippen molar-refractivity contribution in [3.05, 3.63) is 80.1 Å². The van der Waals surface area contributed by atoms with E-state index in [1.807, 2.05) is 12.1 Å². The molecule has 45 heavy (non-hydrogen) atoms. The Hall–Kier alpha value is -3.05. The van der Waals surface area contributed by atoms with Crippen molar-refractivity contribution in [3.8, 4) is 11.5 Å². The predicted octanol–water partition coefficient (Wildman–Crippen LogP) is 9.56. The normalized spacial score (nSPS) is 22.0. The van der Waals surface area contributed by atoms with E-state index in [2.05, 4.69) is 64.6 Å². The molecule has 0 N–H and O–H groups in total. The molecule has 1 saturated carbocycles. The molecule has 0 bridgehead atoms. The van der Waals surface area contributed by atoms with Gasteiger partial charge < -0.3 is 14.4 Å². The molecule has 0 radical (unpaired) electrons. The first-order valence-electron chi connectivity index (χ1n) is 16.7. The number of nitrogens with zero attached hydrogens (tertiary/aromatic N) is 1. The van der Waals surface area contributed by atoms with Gasteiger partial charge in [0, 0.05) is 47.3 Å². The molecule has 0 atom stereocenters. The fourth-order valence-corrected chi connectivity index (χ4v) is 8.74. The van der Waals surface area contributed by atoms with Crippen LogP contribution in [0.2, 0.25) is 5.02 Å². The summed E-state index contributed by atoms with van der Waals surface area (Å²) in [6, 6.07) is 10.5. The number of ether oxygens (including phenoxy) is 2. The smallest absolute Gasteiger partial charge is 0.180 e. The Morgan fingerprint density at radius 1 is 0.800 bits per heavy atom. The average molecular weight is 630 g/mol. The van der Waals surface area contributed by atoms with Crippen molar-refractivity contribution in [2.75, 3.05) is 7.11 Å². The van der Waals surface area contributed by atoms with E-state index in [1.54, 1.807) is 7.11 Å². The summed E-state index contributed by atoms with van der Waals surface area (Å²) in [4.78, 5) is 31.1. The second-order valence-electron chi connectivity index (χ2n) is 15.5. The first kappa shape index (κ1) is 31.9. The lowest BCUT2D eigenvalue weighted by molar-refractivity contribution is -0.119. The molecule has 0 unspecified atom stereocenters. The van der Waals surface area contributed by atoms with Crippen molar-refractivity contribution in [3.63, 3.8) is 0 Å². The highest BCUT2D eigenvalue weighted by molar-refractivity contribution is 6.32. The largest absolute Gasteiger partial charge is 0.493 e. The van der Waals surface area contributed by atoms with Crippen LogP contribution in [0.3, 0.4) is 0 Å². The Balaban J connectivity index is 1.49. The minimum atomic E-state index is -0.470. The first-order valence-corrected chi connectivity index (χ1v) is 17.0. The monoisotopic (exact) mass is 629 g/mol. The number of Topliss-reactive ketones (excluding diaryl/α,β-unsaturated/α-hetero) is 2. The maximum atomic E-state index is 14.3. The number of carbonyl (C=O) groups excluding carboxylic acids is 2. The lowest BCUT2D eigenvalue weighted by atomic mass is 9.63. The molecule has 5 nitrogen and oxygen atoms in total. The Bertz CT molecular complexity index is 1530. The van der Waals surface area contributed by atoms with Crippen LogP contribution < -0.4 is 9.47 Å². The molecule has 2 aromatic rings. The molecule has 3 aliphatic carbocycles. The zero-order valence-electron chi connectivity index (χ0n) is 28.1. The van der Waals surface area contributed by atoms with Crippen LogP contribution in [0.4, 0.5) is 0 Å². The molecule has 2 aromatic carbocycles. The standard InChI is InChI=1S/C39H48ClNO4/c1-23-13-24(2)15-25(14-23)22-45-37-28(40)16-26(17-33(37)44-7)34-35-29(18-38(3,4)20-31(35)42)41(27-11-9-8-10-12-27)30-19-39(5,6)21-32(43)36(30)34/h13-17,27,34H,8-12,18-22H2,1-7H3. The molecule has 0 saturated heterocycles. The van der Waals surface area contributed by atoms with E-state index in [0.29, 0.717) is 42.0 Å². The molecule has 1 aliphatic heterocycles. The average Bonchev–Trinajstić information content (AvgIpc) is 2.93. The summed E-state index contributed by atoms with van der Waals surface area (Å²) in [6.07, 6.45) is 8.35. The molecule has 6 rings (SSSR count). The van der Waals surface area contributed by atoms with Crippen molar-refractivity contribution in [2.24, 2.45) is 10.8 Å². The summed E-state index contributed by atoms with van der Waals surface area (Å²) in [6.45, 7) is 13.3. The SMILES string of the molecule is COc1cc(C2C3=C(CC(C)(C)CC3=O)N(C3CCCCC3)C3=C2C(=O)CC(C)(C)C3)cc(Cl)c1OCc1cc(C)cc(C)c1. The van der Waals surface area contributed by atoms with Crippen molar-refractivity contribution in [1.29, 1.82) is 0 Å². The van der Waals surface area contributed by atoms with Crippen molar-refractivity contribution in [1.82, 2.24) is 4.90 Å². The van der Waals surface area contributed by atoms with Crippen LogP contribution in [0.25, 0.3) is 0 Å². The summed E-state index contributed by atoms with van der Waals surface area (Å²) in [5.74, 6) is 0.787. The minimum absolute atomic E-state index is 0.140. The predicted molar refractivity (Wildman–Crippen MR) is 180 cm³/mol. The molecule has 0 spiro atoms. The minimum Gasteiger partial charge on any atom is -0.493 e. The van der Waals surface area contributed by atoms with E-state index in [1.165, 1.54) is 30.4 Å². The number of benzene rings is 2. The van der Waals surface area contributed by atoms with Gasteiger partial charge in [-0.1, -0.05) is 87.9 Å². The number of hydrogen-bond acceptors (Lipinski definition) is 5. The van der Waals surface area contributed by atoms with E-state index in [4.69, 9.17) is 21.1 Å². The highest BCUT2D eigenvalue weighted by atomic mass is 35.5. The van der Waals surface area contributed by atoms with Gasteiger partial charge in [-0.15, -0.1) is 0 Å². The van der Waals surface area contributed by atoms with Gasteiger partial charge in [0.25, 0.3) is 0 Å². The number of aryl methyl sites for hydroxylation is 2. The van der Waals surface area contributed by atoms with E-state index in [-0.39, 0.29) is 22.4 Å². The van der Waals surface area contributed by atoms with Gasteiger partial charge >= 0.3 is 0 Å².